The van der Waals surface area contributed by atoms with E-state index in [-0.39, 0.29) is 22.6 Å². The number of Topliss-reactive ketones (excluding diaryl/α,β-unsaturated/α-hetero) is 1. The minimum absolute atomic E-state index is 0.0550. The predicted molar refractivity (Wildman–Crippen MR) is 91.8 cm³/mol. The minimum Gasteiger partial charge on any atom is -0.497 e. The molecule has 27 heavy (non-hydrogen) atoms. The van der Waals surface area contributed by atoms with Crippen LogP contribution in [0.1, 0.15) is 27.6 Å². The third-order valence-corrected chi connectivity index (χ3v) is 4.28. The van der Waals surface area contributed by atoms with Crippen molar-refractivity contribution in [2.75, 3.05) is 21.3 Å². The zero-order chi connectivity index (χ0) is 19.8. The van der Waals surface area contributed by atoms with E-state index in [0.717, 1.165) is 0 Å². The Morgan fingerprint density at radius 2 is 1.93 bits per heavy atom. The molecule has 1 fully saturated rings. The average molecular weight is 374 g/mol. The number of hydrogen-bond donors (Lipinski definition) is 0. The van der Waals surface area contributed by atoms with Crippen molar-refractivity contribution in [2.24, 2.45) is 0 Å². The van der Waals surface area contributed by atoms with Crippen LogP contribution in [-0.4, -0.2) is 50.8 Å². The number of rotatable bonds is 6. The number of benzene rings is 1. The van der Waals surface area contributed by atoms with Crippen LogP contribution in [-0.2, 0) is 19.0 Å². The first-order chi connectivity index (χ1) is 12.9. The van der Waals surface area contributed by atoms with E-state index >= 15 is 0 Å². The van der Waals surface area contributed by atoms with Crippen molar-refractivity contribution in [3.63, 3.8) is 0 Å². The van der Waals surface area contributed by atoms with Gasteiger partial charge in [-0.3, -0.25) is 9.59 Å². The molecule has 0 spiro atoms. The van der Waals surface area contributed by atoms with Crippen molar-refractivity contribution < 1.29 is 38.1 Å². The first-order valence-electron chi connectivity index (χ1n) is 8.05. The molecule has 0 bridgehead atoms. The minimum atomic E-state index is -1.84. The van der Waals surface area contributed by atoms with Crippen LogP contribution in [0.2, 0.25) is 0 Å². The van der Waals surface area contributed by atoms with Crippen molar-refractivity contribution in [1.29, 1.82) is 0 Å². The van der Waals surface area contributed by atoms with Crippen LogP contribution < -0.4 is 9.47 Å². The Kier molecular flexibility index (Phi) is 4.75. The van der Waals surface area contributed by atoms with E-state index in [1.165, 1.54) is 39.5 Å². The second kappa shape index (κ2) is 6.88. The number of esters is 1. The summed E-state index contributed by atoms with van der Waals surface area (Å²) in [6, 6.07) is 2.77. The average Bonchev–Trinajstić information content (AvgIpc) is 3.42. The summed E-state index contributed by atoms with van der Waals surface area (Å²) < 4.78 is 26.0. The van der Waals surface area contributed by atoms with Gasteiger partial charge in [0.25, 0.3) is 5.60 Å². The molecule has 1 aromatic rings. The largest absolute Gasteiger partial charge is 0.497 e. The summed E-state index contributed by atoms with van der Waals surface area (Å²) in [6.07, 6.45) is 3.40. The molecule has 3 rings (SSSR count). The Balaban J connectivity index is 2.11. The van der Waals surface area contributed by atoms with Gasteiger partial charge in [-0.2, -0.15) is 0 Å². The van der Waals surface area contributed by atoms with E-state index < -0.39 is 29.4 Å². The number of epoxide rings is 1. The van der Waals surface area contributed by atoms with Crippen LogP contribution >= 0.6 is 0 Å². The number of carbonyl (C=O) groups excluding carboxylic acids is 3. The van der Waals surface area contributed by atoms with E-state index in [0.29, 0.717) is 5.76 Å². The Labute approximate surface area is 155 Å². The standard InChI is InChI=1S/C19H18O8/c1-5-6-10-9-14(20)19(18(26-10)27-19)16(21)15-12(17(22)25-4)7-11(23-2)8-13(15)24-3/h5-9,18H,1-4H3/b6-5+/t18-,19+/m1/s1. The molecular weight excluding hydrogens is 356 g/mol. The predicted octanol–water partition coefficient (Wildman–Crippen LogP) is 1.83. The van der Waals surface area contributed by atoms with Gasteiger partial charge in [-0.15, -0.1) is 0 Å². The third-order valence-electron chi connectivity index (χ3n) is 4.28. The Bertz CT molecular complexity index is 882. The highest BCUT2D eigenvalue weighted by molar-refractivity contribution is 6.26. The van der Waals surface area contributed by atoms with Gasteiger partial charge in [0, 0.05) is 12.1 Å². The van der Waals surface area contributed by atoms with Crippen molar-refractivity contribution in [2.45, 2.75) is 18.8 Å². The molecular formula is C19H18O8. The number of methoxy groups -OCH3 is 3. The molecule has 0 unspecified atom stereocenters. The van der Waals surface area contributed by atoms with E-state index in [9.17, 15) is 14.4 Å². The van der Waals surface area contributed by atoms with Gasteiger partial charge in [0.05, 0.1) is 32.5 Å². The first-order valence-corrected chi connectivity index (χ1v) is 8.05. The molecule has 2 aliphatic rings. The van der Waals surface area contributed by atoms with Crippen LogP contribution in [0.25, 0.3) is 0 Å². The number of fused-ring (bicyclic) bond motifs is 1. The lowest BCUT2D eigenvalue weighted by atomic mass is 9.88. The fourth-order valence-corrected chi connectivity index (χ4v) is 2.89. The maximum absolute atomic E-state index is 13.3. The number of carbonyl (C=O) groups is 3. The fourth-order valence-electron chi connectivity index (χ4n) is 2.89. The summed E-state index contributed by atoms with van der Waals surface area (Å²) in [5.41, 5.74) is -2.07. The van der Waals surface area contributed by atoms with Gasteiger partial charge >= 0.3 is 5.97 Å². The third kappa shape index (κ3) is 2.87. The van der Waals surface area contributed by atoms with Crippen molar-refractivity contribution in [3.05, 3.63) is 47.2 Å². The normalized spacial score (nSPS) is 23.2. The van der Waals surface area contributed by atoms with Crippen molar-refractivity contribution in [1.82, 2.24) is 0 Å². The van der Waals surface area contributed by atoms with Gasteiger partial charge < -0.3 is 23.7 Å². The van der Waals surface area contributed by atoms with Crippen molar-refractivity contribution in [3.8, 4) is 11.5 Å². The molecule has 0 amide bonds. The SMILES string of the molecule is C/C=C/C1=CC(=O)[C@@]2(C(=O)c3c(OC)cc(OC)cc3C(=O)OC)O[C@H]2O1. The topological polar surface area (TPSA) is 101 Å². The monoisotopic (exact) mass is 374 g/mol. The zero-order valence-electron chi connectivity index (χ0n) is 15.2. The maximum atomic E-state index is 13.3. The molecule has 2 aliphatic heterocycles. The summed E-state index contributed by atoms with van der Waals surface area (Å²) in [7, 11) is 3.92. The highest BCUT2D eigenvalue weighted by Gasteiger charge is 2.72. The highest BCUT2D eigenvalue weighted by atomic mass is 16.8. The van der Waals surface area contributed by atoms with Crippen LogP contribution in [0.15, 0.2) is 36.1 Å². The van der Waals surface area contributed by atoms with Crippen LogP contribution in [0.5, 0.6) is 11.5 Å². The van der Waals surface area contributed by atoms with Crippen molar-refractivity contribution >= 4 is 17.5 Å². The Morgan fingerprint density at radius 3 is 2.48 bits per heavy atom. The number of hydrogen-bond acceptors (Lipinski definition) is 8. The molecule has 2 atom stereocenters. The Hall–Kier alpha value is -3.13. The summed E-state index contributed by atoms with van der Waals surface area (Å²) in [6.45, 7) is 1.76. The quantitative estimate of drug-likeness (QED) is 0.322. The summed E-state index contributed by atoms with van der Waals surface area (Å²) in [5, 5.41) is 0. The maximum Gasteiger partial charge on any atom is 0.338 e. The van der Waals surface area contributed by atoms with Gasteiger partial charge in [-0.25, -0.2) is 4.79 Å². The summed E-state index contributed by atoms with van der Waals surface area (Å²) in [4.78, 5) is 38.1. The lowest BCUT2D eigenvalue weighted by Gasteiger charge is -2.18. The molecule has 2 heterocycles. The van der Waals surface area contributed by atoms with Gasteiger partial charge in [-0.1, -0.05) is 6.08 Å². The number of ether oxygens (including phenoxy) is 5. The van der Waals surface area contributed by atoms with Gasteiger partial charge in [0.15, 0.2) is 0 Å². The molecule has 0 N–H and O–H groups in total. The molecule has 0 saturated carbocycles. The molecule has 0 aromatic heterocycles. The van der Waals surface area contributed by atoms with Crippen LogP contribution in [0.4, 0.5) is 0 Å². The summed E-state index contributed by atoms with van der Waals surface area (Å²) in [5.74, 6) is -1.45. The molecule has 0 aliphatic carbocycles. The molecule has 1 aromatic carbocycles. The second-order valence-electron chi connectivity index (χ2n) is 5.79. The second-order valence-corrected chi connectivity index (χ2v) is 5.79. The molecule has 142 valence electrons. The zero-order valence-corrected chi connectivity index (χ0v) is 15.2. The fraction of sp³-hybridized carbons (Fsp3) is 0.316. The molecule has 0 radical (unpaired) electrons. The van der Waals surface area contributed by atoms with E-state index in [1.807, 2.05) is 0 Å². The van der Waals surface area contributed by atoms with Gasteiger partial charge in [0.1, 0.15) is 17.3 Å². The summed E-state index contributed by atoms with van der Waals surface area (Å²) >= 11 is 0. The van der Waals surface area contributed by atoms with E-state index in [1.54, 1.807) is 19.1 Å². The molecule has 8 nitrogen and oxygen atoms in total. The smallest absolute Gasteiger partial charge is 0.338 e. The molecule has 8 heteroatoms. The lowest BCUT2D eigenvalue weighted by molar-refractivity contribution is -0.118. The Morgan fingerprint density at radius 1 is 1.19 bits per heavy atom. The van der Waals surface area contributed by atoms with Gasteiger partial charge in [0.2, 0.25) is 17.9 Å². The number of allylic oxidation sites excluding steroid dienone is 2. The van der Waals surface area contributed by atoms with E-state index in [2.05, 4.69) is 0 Å². The number of ketones is 2. The lowest BCUT2D eigenvalue weighted by Crippen LogP contribution is -2.39. The van der Waals surface area contributed by atoms with Crippen LogP contribution in [0, 0.1) is 0 Å². The van der Waals surface area contributed by atoms with Gasteiger partial charge in [-0.05, 0) is 19.1 Å². The molecule has 1 saturated heterocycles. The van der Waals surface area contributed by atoms with Crippen LogP contribution in [0.3, 0.4) is 0 Å². The first kappa shape index (κ1) is 18.7. The highest BCUT2D eigenvalue weighted by Crippen LogP contribution is 2.47. The van der Waals surface area contributed by atoms with E-state index in [4.69, 9.17) is 23.7 Å².